The molecule has 10 heteroatoms. The highest BCUT2D eigenvalue weighted by Gasteiger charge is 2.13. The fraction of sp³-hybridized carbons (Fsp3) is 0.105. The summed E-state index contributed by atoms with van der Waals surface area (Å²) in [7, 11) is 0. The number of nitrogens with one attached hydrogen (secondary N) is 2. The smallest absolute Gasteiger partial charge is 0.198 e. The number of hydrogen-bond donors (Lipinski definition) is 2. The first-order chi connectivity index (χ1) is 14.1. The molecule has 0 aliphatic heterocycles. The van der Waals surface area contributed by atoms with Crippen LogP contribution in [0, 0.1) is 23.0 Å². The van der Waals surface area contributed by atoms with E-state index in [4.69, 9.17) is 5.26 Å². The van der Waals surface area contributed by atoms with Gasteiger partial charge >= 0.3 is 0 Å². The molecule has 0 saturated heterocycles. The molecule has 4 rings (SSSR count). The van der Waals surface area contributed by atoms with Crippen molar-refractivity contribution in [2.75, 3.05) is 23.7 Å². The van der Waals surface area contributed by atoms with Crippen molar-refractivity contribution >= 4 is 17.3 Å². The minimum atomic E-state index is -0.712. The van der Waals surface area contributed by atoms with E-state index in [-0.39, 0.29) is 5.56 Å². The molecule has 2 N–H and O–H groups in total. The third-order valence-electron chi connectivity index (χ3n) is 4.08. The summed E-state index contributed by atoms with van der Waals surface area (Å²) in [5.41, 5.74) is 1.42. The average molecular weight is 392 g/mol. The van der Waals surface area contributed by atoms with Crippen LogP contribution in [0.2, 0.25) is 0 Å². The minimum Gasteiger partial charge on any atom is -0.368 e. The molecular weight excluding hydrogens is 378 g/mol. The predicted octanol–water partition coefficient (Wildman–Crippen LogP) is 2.86. The maximum absolute atomic E-state index is 14.2. The van der Waals surface area contributed by atoms with E-state index in [0.717, 1.165) is 6.07 Å². The molecule has 0 aliphatic rings. The van der Waals surface area contributed by atoms with Gasteiger partial charge in [0.25, 0.3) is 0 Å². The van der Waals surface area contributed by atoms with Crippen molar-refractivity contribution in [3.63, 3.8) is 0 Å². The lowest BCUT2D eigenvalue weighted by molar-refractivity contribution is 0.585. The molecular formula is C19H14F2N8. The van der Waals surface area contributed by atoms with Crippen LogP contribution in [-0.4, -0.2) is 37.7 Å². The highest BCUT2D eigenvalue weighted by molar-refractivity contribution is 5.69. The number of aromatic nitrogens is 5. The van der Waals surface area contributed by atoms with Gasteiger partial charge in [-0.1, -0.05) is 0 Å². The van der Waals surface area contributed by atoms with E-state index < -0.39 is 11.6 Å². The predicted molar refractivity (Wildman–Crippen MR) is 102 cm³/mol. The van der Waals surface area contributed by atoms with E-state index >= 15 is 0 Å². The molecule has 3 aromatic heterocycles. The number of pyridine rings is 1. The summed E-state index contributed by atoms with van der Waals surface area (Å²) in [6.07, 6.45) is 4.38. The van der Waals surface area contributed by atoms with Gasteiger partial charge in [-0.3, -0.25) is 0 Å². The van der Waals surface area contributed by atoms with Crippen LogP contribution < -0.4 is 10.6 Å². The van der Waals surface area contributed by atoms with E-state index in [1.807, 2.05) is 6.07 Å². The number of hydrogen-bond acceptors (Lipinski definition) is 7. The van der Waals surface area contributed by atoms with Gasteiger partial charge in [0.2, 0.25) is 0 Å². The van der Waals surface area contributed by atoms with E-state index in [0.29, 0.717) is 41.6 Å². The van der Waals surface area contributed by atoms with E-state index in [9.17, 15) is 8.78 Å². The van der Waals surface area contributed by atoms with E-state index in [1.165, 1.54) is 35.4 Å². The molecule has 0 fully saturated rings. The lowest BCUT2D eigenvalue weighted by Crippen LogP contribution is -2.16. The maximum atomic E-state index is 14.2. The standard InChI is InChI=1S/C19H14F2N8/c20-13-2-3-14(15(21)7-13)16-10-29-19(26-11-27-29)18(28-16)24-6-5-23-17-4-1-12(8-22)9-25-17/h1-4,7,9-11H,5-6H2,(H,23,25)(H,24,28). The first-order valence-corrected chi connectivity index (χ1v) is 8.64. The summed E-state index contributed by atoms with van der Waals surface area (Å²) < 4.78 is 28.8. The van der Waals surface area contributed by atoms with Crippen LogP contribution in [0.3, 0.4) is 0 Å². The fourth-order valence-corrected chi connectivity index (χ4v) is 2.71. The highest BCUT2D eigenvalue weighted by Crippen LogP contribution is 2.24. The second-order valence-electron chi connectivity index (χ2n) is 6.02. The van der Waals surface area contributed by atoms with Crippen LogP contribution in [0.5, 0.6) is 0 Å². The lowest BCUT2D eigenvalue weighted by Gasteiger charge is -2.10. The summed E-state index contributed by atoms with van der Waals surface area (Å²) in [6, 6.07) is 8.71. The van der Waals surface area contributed by atoms with Gasteiger partial charge in [0.1, 0.15) is 29.8 Å². The number of nitrogens with zero attached hydrogens (tertiary/aromatic N) is 6. The Morgan fingerprint density at radius 3 is 2.69 bits per heavy atom. The van der Waals surface area contributed by atoms with Gasteiger partial charge in [-0.2, -0.15) is 10.4 Å². The summed E-state index contributed by atoms with van der Waals surface area (Å²) >= 11 is 0. The Kier molecular flexibility index (Phi) is 4.94. The molecule has 8 nitrogen and oxygen atoms in total. The molecule has 3 heterocycles. The van der Waals surface area contributed by atoms with Gasteiger partial charge < -0.3 is 10.6 Å². The molecule has 29 heavy (non-hydrogen) atoms. The van der Waals surface area contributed by atoms with Crippen LogP contribution in [0.15, 0.2) is 49.1 Å². The summed E-state index contributed by atoms with van der Waals surface area (Å²) in [4.78, 5) is 12.7. The average Bonchev–Trinajstić information content (AvgIpc) is 3.20. The van der Waals surface area contributed by atoms with Crippen molar-refractivity contribution < 1.29 is 8.78 Å². The zero-order chi connectivity index (χ0) is 20.2. The van der Waals surface area contributed by atoms with Crippen molar-refractivity contribution in [1.29, 1.82) is 5.26 Å². The Balaban J connectivity index is 1.50. The third kappa shape index (κ3) is 3.93. The van der Waals surface area contributed by atoms with Crippen LogP contribution in [0.1, 0.15) is 5.56 Å². The zero-order valence-electron chi connectivity index (χ0n) is 15.0. The summed E-state index contributed by atoms with van der Waals surface area (Å²) in [5.74, 6) is -0.322. The van der Waals surface area contributed by atoms with Gasteiger partial charge in [-0.15, -0.1) is 0 Å². The SMILES string of the molecule is N#Cc1ccc(NCCNc2nc(-c3ccc(F)cc3F)cn3ncnc23)nc1. The molecule has 0 spiro atoms. The molecule has 0 aliphatic carbocycles. The molecule has 4 aromatic rings. The molecule has 144 valence electrons. The quantitative estimate of drug-likeness (QED) is 0.486. The molecule has 0 bridgehead atoms. The first-order valence-electron chi connectivity index (χ1n) is 8.64. The van der Waals surface area contributed by atoms with Gasteiger partial charge in [0, 0.05) is 30.9 Å². The Hall–Kier alpha value is -4.13. The Labute approximate surface area is 163 Å². The number of halogens is 2. The van der Waals surface area contributed by atoms with E-state index in [1.54, 1.807) is 12.1 Å². The summed E-state index contributed by atoms with van der Waals surface area (Å²) in [5, 5.41) is 19.1. The van der Waals surface area contributed by atoms with Crippen molar-refractivity contribution in [2.24, 2.45) is 0 Å². The second kappa shape index (κ2) is 7.85. The van der Waals surface area contributed by atoms with Gasteiger partial charge in [-0.05, 0) is 24.3 Å². The van der Waals surface area contributed by atoms with Crippen LogP contribution in [-0.2, 0) is 0 Å². The van der Waals surface area contributed by atoms with Crippen molar-refractivity contribution in [1.82, 2.24) is 24.6 Å². The normalized spacial score (nSPS) is 10.7. The highest BCUT2D eigenvalue weighted by atomic mass is 19.1. The Bertz CT molecular complexity index is 1200. The lowest BCUT2D eigenvalue weighted by atomic mass is 10.1. The number of fused-ring (bicyclic) bond motifs is 1. The zero-order valence-corrected chi connectivity index (χ0v) is 15.0. The molecule has 0 saturated carbocycles. The van der Waals surface area contributed by atoms with Crippen molar-refractivity contribution in [3.05, 3.63) is 66.3 Å². The monoisotopic (exact) mass is 392 g/mol. The Morgan fingerprint density at radius 1 is 1.07 bits per heavy atom. The number of rotatable bonds is 6. The van der Waals surface area contributed by atoms with Crippen molar-refractivity contribution in [2.45, 2.75) is 0 Å². The molecule has 0 unspecified atom stereocenters. The third-order valence-corrected chi connectivity index (χ3v) is 4.08. The largest absolute Gasteiger partial charge is 0.368 e. The van der Waals surface area contributed by atoms with Crippen LogP contribution >= 0.6 is 0 Å². The maximum Gasteiger partial charge on any atom is 0.198 e. The molecule has 0 radical (unpaired) electrons. The first kappa shape index (κ1) is 18.2. The molecule has 0 atom stereocenters. The van der Waals surface area contributed by atoms with Gasteiger partial charge in [0.15, 0.2) is 11.5 Å². The number of anilines is 2. The van der Waals surface area contributed by atoms with Crippen LogP contribution in [0.4, 0.5) is 20.4 Å². The van der Waals surface area contributed by atoms with Gasteiger partial charge in [-0.25, -0.2) is 28.2 Å². The topological polar surface area (TPSA) is 104 Å². The van der Waals surface area contributed by atoms with E-state index in [2.05, 4.69) is 30.7 Å². The number of nitriles is 1. The second-order valence-corrected chi connectivity index (χ2v) is 6.02. The van der Waals surface area contributed by atoms with Crippen molar-refractivity contribution in [3.8, 4) is 17.3 Å². The number of benzene rings is 1. The molecule has 0 amide bonds. The van der Waals surface area contributed by atoms with Crippen LogP contribution in [0.25, 0.3) is 16.9 Å². The van der Waals surface area contributed by atoms with Gasteiger partial charge in [0.05, 0.1) is 17.5 Å². The fourth-order valence-electron chi connectivity index (χ4n) is 2.71. The minimum absolute atomic E-state index is 0.159. The summed E-state index contributed by atoms with van der Waals surface area (Å²) in [6.45, 7) is 0.975. The Morgan fingerprint density at radius 2 is 1.93 bits per heavy atom. The molecule has 1 aromatic carbocycles.